The Hall–Kier alpha value is -1.16. The van der Waals surface area contributed by atoms with Crippen LogP contribution in [0.2, 0.25) is 0 Å². The van der Waals surface area contributed by atoms with Crippen molar-refractivity contribution in [1.29, 1.82) is 0 Å². The third-order valence-corrected chi connectivity index (χ3v) is 2.61. The van der Waals surface area contributed by atoms with Gasteiger partial charge in [0.05, 0.1) is 6.10 Å². The predicted molar refractivity (Wildman–Crippen MR) is 70.5 cm³/mol. The first-order chi connectivity index (χ1) is 8.06. The van der Waals surface area contributed by atoms with Crippen LogP contribution in [0.3, 0.4) is 0 Å². The normalized spacial score (nSPS) is 12.8. The molecule has 1 N–H and O–H groups in total. The maximum absolute atomic E-state index is 5.25. The van der Waals surface area contributed by atoms with E-state index >= 15 is 0 Å². The molecular weight excluding hydrogens is 214 g/mol. The zero-order valence-electron chi connectivity index (χ0n) is 11.4. The fourth-order valence-corrected chi connectivity index (χ4v) is 1.52. The summed E-state index contributed by atoms with van der Waals surface area (Å²) in [5.74, 6) is 2.16. The van der Waals surface area contributed by atoms with E-state index in [9.17, 15) is 0 Å². The quantitative estimate of drug-likeness (QED) is 0.826. The predicted octanol–water partition coefficient (Wildman–Crippen LogP) is 2.61. The van der Waals surface area contributed by atoms with Crippen molar-refractivity contribution in [3.8, 4) is 0 Å². The first-order valence-electron chi connectivity index (χ1n) is 6.21. The molecule has 96 valence electrons. The van der Waals surface area contributed by atoms with Crippen LogP contribution in [0.25, 0.3) is 0 Å². The molecule has 1 atom stereocenters. The summed E-state index contributed by atoms with van der Waals surface area (Å²) < 4.78 is 5.25. The molecule has 0 saturated heterocycles. The summed E-state index contributed by atoms with van der Waals surface area (Å²) in [5, 5.41) is 3.24. The third kappa shape index (κ3) is 4.30. The summed E-state index contributed by atoms with van der Waals surface area (Å²) in [6.07, 6.45) is 0.891. The van der Waals surface area contributed by atoms with E-state index < -0.39 is 0 Å². The van der Waals surface area contributed by atoms with Crippen molar-refractivity contribution < 1.29 is 4.74 Å². The van der Waals surface area contributed by atoms with Gasteiger partial charge in [0.25, 0.3) is 0 Å². The Morgan fingerprint density at radius 2 is 2.00 bits per heavy atom. The van der Waals surface area contributed by atoms with Crippen molar-refractivity contribution in [3.63, 3.8) is 0 Å². The van der Waals surface area contributed by atoms with Crippen molar-refractivity contribution in [3.05, 3.63) is 17.6 Å². The number of aromatic nitrogens is 2. The van der Waals surface area contributed by atoms with E-state index in [4.69, 9.17) is 4.74 Å². The largest absolute Gasteiger partial charge is 0.381 e. The molecule has 0 bridgehead atoms. The van der Waals surface area contributed by atoms with Crippen LogP contribution in [-0.4, -0.2) is 29.7 Å². The molecule has 4 heteroatoms. The highest BCUT2D eigenvalue weighted by Gasteiger charge is 2.10. The van der Waals surface area contributed by atoms with E-state index in [2.05, 4.69) is 36.1 Å². The van der Waals surface area contributed by atoms with Crippen molar-refractivity contribution >= 4 is 5.82 Å². The Morgan fingerprint density at radius 1 is 1.29 bits per heavy atom. The standard InChI is InChI=1S/C13H23N3O/c1-6-14-12-8-11(9(2)3)15-13(16-12)7-10(4)17-5/h8-10H,6-7H2,1-5H3,(H,14,15,16). The molecule has 0 fully saturated rings. The van der Waals surface area contributed by atoms with Crippen LogP contribution in [0.5, 0.6) is 0 Å². The molecule has 0 spiro atoms. The molecule has 0 aliphatic rings. The molecule has 0 radical (unpaired) electrons. The first kappa shape index (κ1) is 13.9. The highest BCUT2D eigenvalue weighted by molar-refractivity contribution is 5.36. The lowest BCUT2D eigenvalue weighted by molar-refractivity contribution is 0.117. The summed E-state index contributed by atoms with van der Waals surface area (Å²) in [6, 6.07) is 2.02. The van der Waals surface area contributed by atoms with E-state index in [1.165, 1.54) is 0 Å². The number of ether oxygens (including phenoxy) is 1. The lowest BCUT2D eigenvalue weighted by atomic mass is 10.1. The Morgan fingerprint density at radius 3 is 2.53 bits per heavy atom. The van der Waals surface area contributed by atoms with Gasteiger partial charge in [-0.2, -0.15) is 0 Å². The van der Waals surface area contributed by atoms with E-state index in [-0.39, 0.29) is 6.10 Å². The Kier molecular flexibility index (Phi) is 5.35. The minimum atomic E-state index is 0.145. The molecule has 1 heterocycles. The number of nitrogens with one attached hydrogen (secondary N) is 1. The monoisotopic (exact) mass is 237 g/mol. The average Bonchev–Trinajstić information content (AvgIpc) is 2.29. The van der Waals surface area contributed by atoms with Crippen LogP contribution in [0.4, 0.5) is 5.82 Å². The topological polar surface area (TPSA) is 47.0 Å². The zero-order valence-corrected chi connectivity index (χ0v) is 11.4. The first-order valence-corrected chi connectivity index (χ1v) is 6.21. The van der Waals surface area contributed by atoms with E-state index in [0.29, 0.717) is 5.92 Å². The van der Waals surface area contributed by atoms with Crippen molar-refractivity contribution in [2.24, 2.45) is 0 Å². The second-order valence-corrected chi connectivity index (χ2v) is 4.53. The summed E-state index contributed by atoms with van der Waals surface area (Å²) >= 11 is 0. The molecule has 1 aromatic heterocycles. The van der Waals surface area contributed by atoms with Gasteiger partial charge in [-0.15, -0.1) is 0 Å². The van der Waals surface area contributed by atoms with Gasteiger partial charge < -0.3 is 10.1 Å². The molecule has 0 amide bonds. The highest BCUT2D eigenvalue weighted by atomic mass is 16.5. The van der Waals surface area contributed by atoms with E-state index in [0.717, 1.165) is 30.3 Å². The van der Waals surface area contributed by atoms with Crippen molar-refractivity contribution in [1.82, 2.24) is 9.97 Å². The molecule has 17 heavy (non-hydrogen) atoms. The Labute approximate surface area is 104 Å². The third-order valence-electron chi connectivity index (χ3n) is 2.61. The summed E-state index contributed by atoms with van der Waals surface area (Å²) in [5.41, 5.74) is 1.08. The number of rotatable bonds is 6. The Bertz CT molecular complexity index is 353. The number of anilines is 1. The maximum atomic E-state index is 5.25. The molecule has 0 aromatic carbocycles. The summed E-state index contributed by atoms with van der Waals surface area (Å²) in [7, 11) is 1.71. The van der Waals surface area contributed by atoms with Gasteiger partial charge in [-0.1, -0.05) is 13.8 Å². The minimum absolute atomic E-state index is 0.145. The van der Waals surface area contributed by atoms with Gasteiger partial charge in [-0.05, 0) is 19.8 Å². The van der Waals surface area contributed by atoms with Crippen LogP contribution in [-0.2, 0) is 11.2 Å². The maximum Gasteiger partial charge on any atom is 0.133 e. The number of hydrogen-bond donors (Lipinski definition) is 1. The smallest absolute Gasteiger partial charge is 0.133 e. The van der Waals surface area contributed by atoms with Gasteiger partial charge in [-0.25, -0.2) is 9.97 Å². The molecule has 1 rings (SSSR count). The van der Waals surface area contributed by atoms with Crippen LogP contribution >= 0.6 is 0 Å². The molecular formula is C13H23N3O. The second-order valence-electron chi connectivity index (χ2n) is 4.53. The summed E-state index contributed by atoms with van der Waals surface area (Å²) in [6.45, 7) is 9.24. The lowest BCUT2D eigenvalue weighted by Gasteiger charge is -2.13. The highest BCUT2D eigenvalue weighted by Crippen LogP contribution is 2.16. The minimum Gasteiger partial charge on any atom is -0.381 e. The van der Waals surface area contributed by atoms with Gasteiger partial charge in [0, 0.05) is 31.8 Å². The average molecular weight is 237 g/mol. The second kappa shape index (κ2) is 6.55. The van der Waals surface area contributed by atoms with E-state index in [1.54, 1.807) is 7.11 Å². The number of hydrogen-bond acceptors (Lipinski definition) is 4. The van der Waals surface area contributed by atoms with Crippen molar-refractivity contribution in [2.75, 3.05) is 19.0 Å². The van der Waals surface area contributed by atoms with Crippen molar-refractivity contribution in [2.45, 2.75) is 46.1 Å². The molecule has 1 unspecified atom stereocenters. The van der Waals surface area contributed by atoms with Gasteiger partial charge >= 0.3 is 0 Å². The SMILES string of the molecule is CCNc1cc(C(C)C)nc(CC(C)OC)n1. The van der Waals surface area contributed by atoms with Gasteiger partial charge in [0.15, 0.2) is 0 Å². The lowest BCUT2D eigenvalue weighted by Crippen LogP contribution is -2.14. The zero-order chi connectivity index (χ0) is 12.8. The van der Waals surface area contributed by atoms with Crippen LogP contribution < -0.4 is 5.32 Å². The van der Waals surface area contributed by atoms with Crippen LogP contribution in [0.15, 0.2) is 6.07 Å². The fourth-order valence-electron chi connectivity index (χ4n) is 1.52. The molecule has 1 aromatic rings. The van der Waals surface area contributed by atoms with Gasteiger partial charge in [0.1, 0.15) is 11.6 Å². The number of nitrogens with zero attached hydrogens (tertiary/aromatic N) is 2. The van der Waals surface area contributed by atoms with Crippen LogP contribution in [0, 0.1) is 0 Å². The molecule has 4 nitrogen and oxygen atoms in total. The Balaban J connectivity index is 2.94. The molecule has 0 aliphatic carbocycles. The van der Waals surface area contributed by atoms with Gasteiger partial charge in [-0.3, -0.25) is 0 Å². The summed E-state index contributed by atoms with van der Waals surface area (Å²) in [4.78, 5) is 9.06. The fraction of sp³-hybridized carbons (Fsp3) is 0.692. The molecule has 0 saturated carbocycles. The van der Waals surface area contributed by atoms with Gasteiger partial charge in [0.2, 0.25) is 0 Å². The van der Waals surface area contributed by atoms with E-state index in [1.807, 2.05) is 13.0 Å². The molecule has 0 aliphatic heterocycles. The number of methoxy groups -OCH3 is 1. The van der Waals surface area contributed by atoms with Crippen LogP contribution in [0.1, 0.15) is 45.1 Å².